The fourth-order valence-electron chi connectivity index (χ4n) is 7.04. The van der Waals surface area contributed by atoms with Crippen molar-refractivity contribution in [2.45, 2.75) is 132 Å². The average Bonchev–Trinajstić information content (AvgIpc) is 3.98. The van der Waals surface area contributed by atoms with Crippen molar-refractivity contribution < 1.29 is 9.59 Å². The van der Waals surface area contributed by atoms with Crippen LogP contribution in [0.5, 0.6) is 0 Å². The Morgan fingerprint density at radius 1 is 0.540 bits per heavy atom. The molecular weight excluding hydrogens is 613 g/mol. The zero-order valence-electron chi connectivity index (χ0n) is 32.5. The number of carbonyl (C=O) groups excluding carboxylic acids is 2. The van der Waals surface area contributed by atoms with E-state index >= 15 is 0 Å². The maximum absolute atomic E-state index is 13.0. The van der Waals surface area contributed by atoms with Gasteiger partial charge in [-0.3, -0.25) is 9.59 Å². The molecule has 0 saturated heterocycles. The number of nitrogens with one attached hydrogen (secondary N) is 2. The van der Waals surface area contributed by atoms with Crippen LogP contribution in [0.3, 0.4) is 0 Å². The second-order valence-corrected chi connectivity index (χ2v) is 16.4. The molecule has 2 unspecified atom stereocenters. The van der Waals surface area contributed by atoms with Crippen molar-refractivity contribution in [3.8, 4) is 0 Å². The van der Waals surface area contributed by atoms with Gasteiger partial charge in [-0.25, -0.2) is 0 Å². The highest BCUT2D eigenvalue weighted by molar-refractivity contribution is 6.02. The van der Waals surface area contributed by atoms with Gasteiger partial charge in [0.05, 0.1) is 12.1 Å². The molecule has 2 N–H and O–H groups in total. The van der Waals surface area contributed by atoms with Crippen LogP contribution < -0.4 is 10.6 Å². The maximum atomic E-state index is 13.0. The van der Waals surface area contributed by atoms with Gasteiger partial charge >= 0.3 is 0 Å². The van der Waals surface area contributed by atoms with Crippen molar-refractivity contribution >= 4 is 11.6 Å². The van der Waals surface area contributed by atoms with E-state index in [-0.39, 0.29) is 34.5 Å². The van der Waals surface area contributed by atoms with E-state index in [1.807, 2.05) is 13.8 Å². The third-order valence-electron chi connectivity index (χ3n) is 10.4. The largest absolute Gasteiger partial charge is 0.304 e. The van der Waals surface area contributed by atoms with Gasteiger partial charge in [-0.1, -0.05) is 135 Å². The van der Waals surface area contributed by atoms with Gasteiger partial charge in [-0.2, -0.15) is 0 Å². The molecule has 4 nitrogen and oxygen atoms in total. The lowest BCUT2D eigenvalue weighted by Crippen LogP contribution is -2.45. The highest BCUT2D eigenvalue weighted by atomic mass is 16.1. The van der Waals surface area contributed by atoms with Crippen LogP contribution >= 0.6 is 0 Å². The SMILES string of the molecule is CC(C=CC=C(C)C=CC1=C(C)C(=O)C(NC2CC2)CC1(C)C)=CC=CC=C(C)C=CC=C(C)C=CC1=C(C)C(=O)C(NC2CC2)CC1(C)C. The fourth-order valence-corrected chi connectivity index (χ4v) is 7.04. The first-order chi connectivity index (χ1) is 23.6. The third kappa shape index (κ3) is 11.5. The quantitative estimate of drug-likeness (QED) is 0.180. The molecule has 268 valence electrons. The Kier molecular flexibility index (Phi) is 13.4. The number of rotatable bonds is 14. The van der Waals surface area contributed by atoms with Crippen LogP contribution in [0.4, 0.5) is 0 Å². The molecule has 0 bridgehead atoms. The molecule has 0 aromatic rings. The van der Waals surface area contributed by atoms with Crippen LogP contribution in [0, 0.1) is 10.8 Å². The smallest absolute Gasteiger partial charge is 0.175 e. The second kappa shape index (κ2) is 17.1. The van der Waals surface area contributed by atoms with Crippen molar-refractivity contribution in [1.82, 2.24) is 10.6 Å². The van der Waals surface area contributed by atoms with Crippen LogP contribution in [0.1, 0.15) is 108 Å². The monoisotopic (exact) mass is 674 g/mol. The molecule has 2 saturated carbocycles. The summed E-state index contributed by atoms with van der Waals surface area (Å²) < 4.78 is 0. The van der Waals surface area contributed by atoms with Gasteiger partial charge in [-0.05, 0) is 113 Å². The molecule has 0 aromatic carbocycles. The second-order valence-electron chi connectivity index (χ2n) is 16.4. The van der Waals surface area contributed by atoms with E-state index in [0.717, 1.165) is 57.4 Å². The van der Waals surface area contributed by atoms with Crippen LogP contribution in [0.15, 0.2) is 130 Å². The molecule has 50 heavy (non-hydrogen) atoms. The molecule has 4 heteroatoms. The van der Waals surface area contributed by atoms with Crippen molar-refractivity contribution in [2.75, 3.05) is 0 Å². The number of hydrogen-bond acceptors (Lipinski definition) is 4. The minimum absolute atomic E-state index is 0.0389. The molecule has 4 aliphatic rings. The number of hydrogen-bond donors (Lipinski definition) is 2. The predicted octanol–water partition coefficient (Wildman–Crippen LogP) is 10.4. The number of carbonyl (C=O) groups is 2. The lowest BCUT2D eigenvalue weighted by atomic mass is 9.70. The standard InChI is InChI=1S/C46H62N2O2/c1-31(17-13-19-33(3)21-27-39-35(5)43(49)41(29-45(39,7)8)47-37-23-24-37)15-11-12-16-32(2)18-14-20-34(4)22-28-40-36(6)44(50)42(30-46(40,9)10)48-38-25-26-38/h11-22,27-28,37-38,41-42,47-48H,23-26,29-30H2,1-10H3. The van der Waals surface area contributed by atoms with Crippen molar-refractivity contribution in [1.29, 1.82) is 0 Å². The summed E-state index contributed by atoms with van der Waals surface area (Å²) in [5.74, 6) is 0.509. The summed E-state index contributed by atoms with van der Waals surface area (Å²) in [6, 6.07) is 0.968. The van der Waals surface area contributed by atoms with Crippen molar-refractivity contribution in [2.24, 2.45) is 10.8 Å². The molecule has 2 atom stereocenters. The van der Waals surface area contributed by atoms with Crippen LogP contribution in [0.25, 0.3) is 0 Å². The van der Waals surface area contributed by atoms with E-state index in [0.29, 0.717) is 12.1 Å². The molecular formula is C46H62N2O2. The van der Waals surface area contributed by atoms with Crippen LogP contribution in [-0.4, -0.2) is 35.7 Å². The van der Waals surface area contributed by atoms with Crippen LogP contribution in [-0.2, 0) is 9.59 Å². The lowest BCUT2D eigenvalue weighted by molar-refractivity contribution is -0.119. The Labute approximate surface area is 303 Å². The summed E-state index contributed by atoms with van der Waals surface area (Å²) in [7, 11) is 0. The van der Waals surface area contributed by atoms with Gasteiger partial charge in [-0.15, -0.1) is 0 Å². The van der Waals surface area contributed by atoms with Gasteiger partial charge in [0.1, 0.15) is 0 Å². The highest BCUT2D eigenvalue weighted by Crippen LogP contribution is 2.42. The molecule has 0 aliphatic heterocycles. The van der Waals surface area contributed by atoms with E-state index in [2.05, 4.69) is 151 Å². The summed E-state index contributed by atoms with van der Waals surface area (Å²) in [5, 5.41) is 7.10. The van der Waals surface area contributed by atoms with Crippen LogP contribution in [0.2, 0.25) is 0 Å². The summed E-state index contributed by atoms with van der Waals surface area (Å²) in [6.07, 6.45) is 35.9. The Morgan fingerprint density at radius 2 is 0.860 bits per heavy atom. The zero-order valence-corrected chi connectivity index (χ0v) is 32.5. The molecule has 4 rings (SSSR count). The molecule has 2 fully saturated rings. The topological polar surface area (TPSA) is 58.2 Å². The van der Waals surface area contributed by atoms with Gasteiger partial charge in [0, 0.05) is 12.1 Å². The zero-order chi connectivity index (χ0) is 36.6. The summed E-state index contributed by atoms with van der Waals surface area (Å²) in [4.78, 5) is 26.0. The Bertz CT molecular complexity index is 1530. The van der Waals surface area contributed by atoms with Gasteiger partial charge in [0.25, 0.3) is 0 Å². The molecule has 0 heterocycles. The molecule has 0 amide bonds. The Hall–Kier alpha value is -3.60. The first kappa shape index (κ1) is 39.2. The van der Waals surface area contributed by atoms with E-state index in [9.17, 15) is 9.59 Å². The molecule has 4 aliphatic carbocycles. The summed E-state index contributed by atoms with van der Waals surface area (Å²) in [5.41, 5.74) is 8.62. The number of Topliss-reactive ketones (excluding diaryl/α,β-unsaturated/α-hetero) is 2. The molecule has 0 aromatic heterocycles. The van der Waals surface area contributed by atoms with Gasteiger partial charge < -0.3 is 10.6 Å². The van der Waals surface area contributed by atoms with Gasteiger partial charge in [0.2, 0.25) is 0 Å². The first-order valence-corrected chi connectivity index (χ1v) is 18.7. The average molecular weight is 675 g/mol. The number of ketones is 2. The van der Waals surface area contributed by atoms with E-state index < -0.39 is 0 Å². The summed E-state index contributed by atoms with van der Waals surface area (Å²) in [6.45, 7) is 21.4. The molecule has 0 radical (unpaired) electrons. The predicted molar refractivity (Wildman–Crippen MR) is 213 cm³/mol. The third-order valence-corrected chi connectivity index (χ3v) is 10.4. The Morgan fingerprint density at radius 3 is 1.20 bits per heavy atom. The van der Waals surface area contributed by atoms with Crippen molar-refractivity contribution in [3.05, 3.63) is 130 Å². The van der Waals surface area contributed by atoms with E-state index in [4.69, 9.17) is 0 Å². The normalized spacial score (nSPS) is 26.0. The molecule has 0 spiro atoms. The number of allylic oxidation sites excluding steroid dienone is 20. The first-order valence-electron chi connectivity index (χ1n) is 18.7. The van der Waals surface area contributed by atoms with Crippen molar-refractivity contribution in [3.63, 3.8) is 0 Å². The lowest BCUT2D eigenvalue weighted by Gasteiger charge is -2.37. The summed E-state index contributed by atoms with van der Waals surface area (Å²) >= 11 is 0. The maximum Gasteiger partial charge on any atom is 0.175 e. The highest BCUT2D eigenvalue weighted by Gasteiger charge is 2.41. The minimum Gasteiger partial charge on any atom is -0.304 e. The Balaban J connectivity index is 1.26. The van der Waals surface area contributed by atoms with E-state index in [1.54, 1.807) is 0 Å². The van der Waals surface area contributed by atoms with Gasteiger partial charge in [0.15, 0.2) is 11.6 Å². The minimum atomic E-state index is -0.0479. The fraction of sp³-hybridized carbons (Fsp3) is 0.478. The van der Waals surface area contributed by atoms with E-state index in [1.165, 1.54) is 25.7 Å².